The summed E-state index contributed by atoms with van der Waals surface area (Å²) in [7, 11) is -3.67. The van der Waals surface area contributed by atoms with Gasteiger partial charge in [-0.05, 0) is 80.3 Å². The van der Waals surface area contributed by atoms with Crippen molar-refractivity contribution in [1.29, 1.82) is 0 Å². The summed E-state index contributed by atoms with van der Waals surface area (Å²) in [5, 5.41) is 0. The van der Waals surface area contributed by atoms with E-state index < -0.39 is 10.0 Å². The normalized spacial score (nSPS) is 17.1. The molecule has 1 aliphatic rings. The molecule has 2 aromatic carbocycles. The molecule has 0 bridgehead atoms. The smallest absolute Gasteiger partial charge is 0.261 e. The third-order valence-electron chi connectivity index (χ3n) is 5.08. The third-order valence-corrected chi connectivity index (χ3v) is 6.46. The molecule has 1 heterocycles. The lowest BCUT2D eigenvalue weighted by Crippen LogP contribution is -2.29. The van der Waals surface area contributed by atoms with E-state index in [4.69, 9.17) is 5.73 Å². The lowest BCUT2D eigenvalue weighted by molar-refractivity contribution is 0.0787. The maximum absolute atomic E-state index is 12.6. The highest BCUT2D eigenvalue weighted by molar-refractivity contribution is 7.92. The van der Waals surface area contributed by atoms with Gasteiger partial charge in [0.2, 0.25) is 0 Å². The first kappa shape index (κ1) is 19.4. The van der Waals surface area contributed by atoms with Crippen LogP contribution in [0.1, 0.15) is 27.9 Å². The molecule has 1 unspecified atom stereocenters. The first-order valence-electron chi connectivity index (χ1n) is 8.99. The molecule has 0 spiro atoms. The van der Waals surface area contributed by atoms with Crippen LogP contribution in [0.25, 0.3) is 0 Å². The molecule has 0 aliphatic carbocycles. The van der Waals surface area contributed by atoms with E-state index in [0.29, 0.717) is 36.8 Å². The van der Waals surface area contributed by atoms with Gasteiger partial charge in [-0.25, -0.2) is 8.42 Å². The fraction of sp³-hybridized carbons (Fsp3) is 0.350. The number of hydrogen-bond acceptors (Lipinski definition) is 4. The van der Waals surface area contributed by atoms with Crippen molar-refractivity contribution in [3.05, 3.63) is 59.2 Å². The number of hydrogen-bond donors (Lipinski definition) is 2. The SMILES string of the molecule is Cc1ccc(S(=O)(=O)Nc2ccc(C(=O)N3CCC(CN)C3)cc2)cc1C. The van der Waals surface area contributed by atoms with Crippen LogP contribution in [0.5, 0.6) is 0 Å². The van der Waals surface area contributed by atoms with Gasteiger partial charge in [0, 0.05) is 24.3 Å². The van der Waals surface area contributed by atoms with Gasteiger partial charge >= 0.3 is 0 Å². The van der Waals surface area contributed by atoms with Crippen LogP contribution in [-0.2, 0) is 10.0 Å². The number of nitrogens with two attached hydrogens (primary N) is 1. The zero-order valence-electron chi connectivity index (χ0n) is 15.6. The Morgan fingerprint density at radius 2 is 1.85 bits per heavy atom. The fourth-order valence-corrected chi connectivity index (χ4v) is 4.31. The highest BCUT2D eigenvalue weighted by Crippen LogP contribution is 2.21. The van der Waals surface area contributed by atoms with Crippen molar-refractivity contribution in [1.82, 2.24) is 4.90 Å². The number of benzene rings is 2. The average Bonchev–Trinajstić information content (AvgIpc) is 3.13. The first-order valence-corrected chi connectivity index (χ1v) is 10.5. The molecule has 1 fully saturated rings. The van der Waals surface area contributed by atoms with Gasteiger partial charge in [0.1, 0.15) is 0 Å². The van der Waals surface area contributed by atoms with Crippen LogP contribution < -0.4 is 10.5 Å². The number of likely N-dealkylation sites (tertiary alicyclic amines) is 1. The van der Waals surface area contributed by atoms with Crippen LogP contribution in [0, 0.1) is 19.8 Å². The highest BCUT2D eigenvalue weighted by atomic mass is 32.2. The summed E-state index contributed by atoms with van der Waals surface area (Å²) in [6.45, 7) is 5.79. The molecule has 1 amide bonds. The second-order valence-electron chi connectivity index (χ2n) is 7.07. The van der Waals surface area contributed by atoms with E-state index in [2.05, 4.69) is 4.72 Å². The van der Waals surface area contributed by atoms with Gasteiger partial charge in [-0.3, -0.25) is 9.52 Å². The van der Waals surface area contributed by atoms with Crippen LogP contribution in [0.2, 0.25) is 0 Å². The molecule has 6 nitrogen and oxygen atoms in total. The second kappa shape index (κ2) is 7.70. The summed E-state index contributed by atoms with van der Waals surface area (Å²) in [6, 6.07) is 11.5. The summed E-state index contributed by atoms with van der Waals surface area (Å²) in [5.41, 5.74) is 8.60. The van der Waals surface area contributed by atoms with E-state index in [9.17, 15) is 13.2 Å². The Balaban J connectivity index is 1.72. The van der Waals surface area contributed by atoms with Gasteiger partial charge in [-0.2, -0.15) is 0 Å². The summed E-state index contributed by atoms with van der Waals surface area (Å²) in [5.74, 6) is 0.313. The Labute approximate surface area is 160 Å². The molecule has 2 aromatic rings. The number of rotatable bonds is 5. The van der Waals surface area contributed by atoms with Crippen molar-refractivity contribution < 1.29 is 13.2 Å². The highest BCUT2D eigenvalue weighted by Gasteiger charge is 2.26. The van der Waals surface area contributed by atoms with Crippen LogP contribution >= 0.6 is 0 Å². The molecule has 1 saturated heterocycles. The van der Waals surface area contributed by atoms with E-state index in [0.717, 1.165) is 17.5 Å². The maximum Gasteiger partial charge on any atom is 0.261 e. The van der Waals surface area contributed by atoms with Gasteiger partial charge in [0.15, 0.2) is 0 Å². The van der Waals surface area contributed by atoms with Crippen LogP contribution in [-0.4, -0.2) is 38.9 Å². The van der Waals surface area contributed by atoms with Crippen LogP contribution in [0.15, 0.2) is 47.4 Å². The van der Waals surface area contributed by atoms with Gasteiger partial charge in [-0.15, -0.1) is 0 Å². The van der Waals surface area contributed by atoms with E-state index >= 15 is 0 Å². The van der Waals surface area contributed by atoms with Crippen molar-refractivity contribution in [2.24, 2.45) is 11.7 Å². The van der Waals surface area contributed by atoms with Gasteiger partial charge in [-0.1, -0.05) is 6.07 Å². The number of sulfonamides is 1. The largest absolute Gasteiger partial charge is 0.338 e. The van der Waals surface area contributed by atoms with Crippen molar-refractivity contribution in [2.45, 2.75) is 25.2 Å². The average molecular weight is 388 g/mol. The lowest BCUT2D eigenvalue weighted by atomic mass is 10.1. The second-order valence-corrected chi connectivity index (χ2v) is 8.75. The van der Waals surface area contributed by atoms with E-state index in [-0.39, 0.29) is 10.8 Å². The molecular weight excluding hydrogens is 362 g/mol. The molecular formula is C20H25N3O3S. The quantitative estimate of drug-likeness (QED) is 0.824. The number of nitrogens with zero attached hydrogens (tertiary/aromatic N) is 1. The molecule has 3 rings (SSSR count). The lowest BCUT2D eigenvalue weighted by Gasteiger charge is -2.16. The van der Waals surface area contributed by atoms with Crippen molar-refractivity contribution in [3.8, 4) is 0 Å². The minimum absolute atomic E-state index is 0.0467. The predicted molar refractivity (Wildman–Crippen MR) is 106 cm³/mol. The van der Waals surface area contributed by atoms with Crippen LogP contribution in [0.4, 0.5) is 5.69 Å². The predicted octanol–water partition coefficient (Wildman–Crippen LogP) is 2.53. The molecule has 1 aliphatic heterocycles. The summed E-state index contributed by atoms with van der Waals surface area (Å²) >= 11 is 0. The minimum atomic E-state index is -3.67. The Morgan fingerprint density at radius 1 is 1.15 bits per heavy atom. The zero-order valence-corrected chi connectivity index (χ0v) is 16.4. The van der Waals surface area contributed by atoms with Gasteiger partial charge in [0.05, 0.1) is 4.90 Å². The van der Waals surface area contributed by atoms with Gasteiger partial charge in [0.25, 0.3) is 15.9 Å². The summed E-state index contributed by atoms with van der Waals surface area (Å²) in [6.07, 6.45) is 0.927. The minimum Gasteiger partial charge on any atom is -0.338 e. The van der Waals surface area contributed by atoms with Crippen molar-refractivity contribution in [3.63, 3.8) is 0 Å². The Bertz CT molecular complexity index is 939. The number of amides is 1. The summed E-state index contributed by atoms with van der Waals surface area (Å²) in [4.78, 5) is 14.6. The molecule has 3 N–H and O–H groups in total. The fourth-order valence-electron chi connectivity index (χ4n) is 3.17. The van der Waals surface area contributed by atoms with Crippen molar-refractivity contribution >= 4 is 21.6 Å². The maximum atomic E-state index is 12.6. The number of carbonyl (C=O) groups excluding carboxylic acids is 1. The number of nitrogens with one attached hydrogen (secondary N) is 1. The monoisotopic (exact) mass is 387 g/mol. The van der Waals surface area contributed by atoms with Gasteiger partial charge < -0.3 is 10.6 Å². The molecule has 27 heavy (non-hydrogen) atoms. The van der Waals surface area contributed by atoms with Crippen molar-refractivity contribution in [2.75, 3.05) is 24.4 Å². The number of aryl methyl sites for hydroxylation is 2. The molecule has 0 radical (unpaired) electrons. The van der Waals surface area contributed by atoms with E-state index in [1.807, 2.05) is 13.8 Å². The van der Waals surface area contributed by atoms with E-state index in [1.54, 1.807) is 47.4 Å². The molecule has 144 valence electrons. The standard InChI is InChI=1S/C20H25N3O3S/c1-14-3-8-19(11-15(14)2)27(25,26)22-18-6-4-17(5-7-18)20(24)23-10-9-16(12-21)13-23/h3-8,11,16,22H,9-10,12-13,21H2,1-2H3. The number of carbonyl (C=O) groups is 1. The zero-order chi connectivity index (χ0) is 19.6. The molecule has 0 aromatic heterocycles. The topological polar surface area (TPSA) is 92.5 Å². The Hall–Kier alpha value is -2.38. The summed E-state index contributed by atoms with van der Waals surface area (Å²) < 4.78 is 27.7. The Morgan fingerprint density at radius 3 is 2.44 bits per heavy atom. The third kappa shape index (κ3) is 4.31. The molecule has 0 saturated carbocycles. The Kier molecular flexibility index (Phi) is 5.53. The molecule has 7 heteroatoms. The number of anilines is 1. The van der Waals surface area contributed by atoms with Crippen LogP contribution in [0.3, 0.4) is 0 Å². The first-order chi connectivity index (χ1) is 12.8. The van der Waals surface area contributed by atoms with E-state index in [1.165, 1.54) is 0 Å². The molecule has 1 atom stereocenters.